The second kappa shape index (κ2) is 4.01. The van der Waals surface area contributed by atoms with Gasteiger partial charge in [-0.1, -0.05) is 0 Å². The molecule has 84 valence electrons. The number of nitro groups is 1. The van der Waals surface area contributed by atoms with Crippen LogP contribution in [0.4, 0.5) is 18.9 Å². The van der Waals surface area contributed by atoms with E-state index in [1.54, 1.807) is 0 Å². The Balaban J connectivity index is 3.19. The van der Waals surface area contributed by atoms with Crippen LogP contribution in [0.5, 0.6) is 5.75 Å². The van der Waals surface area contributed by atoms with E-state index in [-0.39, 0.29) is 0 Å². The van der Waals surface area contributed by atoms with Gasteiger partial charge in [-0.3, -0.25) is 10.1 Å². The Morgan fingerprint density at radius 1 is 1.56 bits per heavy atom. The summed E-state index contributed by atoms with van der Waals surface area (Å²) < 4.78 is 39.0. The highest BCUT2D eigenvalue weighted by Crippen LogP contribution is 2.27. The topological polar surface area (TPSA) is 89.0 Å². The first-order valence-electron chi connectivity index (χ1n) is 3.64. The van der Waals surface area contributed by atoms with E-state index >= 15 is 0 Å². The normalized spacial score (nSPS) is 10.6. The fourth-order valence-electron chi connectivity index (χ4n) is 0.821. The van der Waals surface area contributed by atoms with Gasteiger partial charge < -0.3 is 4.74 Å². The summed E-state index contributed by atoms with van der Waals surface area (Å²) in [6.45, 7) is 0. The van der Waals surface area contributed by atoms with Gasteiger partial charge in [0.05, 0.1) is 11.0 Å². The molecule has 0 aromatic carbocycles. The van der Waals surface area contributed by atoms with Crippen LogP contribution in [0.3, 0.4) is 0 Å². The van der Waals surface area contributed by atoms with Crippen molar-refractivity contribution in [3.8, 4) is 11.8 Å². The van der Waals surface area contributed by atoms with Gasteiger partial charge in [-0.2, -0.15) is 5.26 Å². The van der Waals surface area contributed by atoms with Crippen LogP contribution in [0.1, 0.15) is 5.69 Å². The quantitative estimate of drug-likeness (QED) is 0.573. The number of hydrogen-bond acceptors (Lipinski definition) is 5. The van der Waals surface area contributed by atoms with Gasteiger partial charge in [0.25, 0.3) is 5.69 Å². The molecule has 0 radical (unpaired) electrons. The Morgan fingerprint density at radius 3 is 2.62 bits per heavy atom. The molecule has 0 unspecified atom stereocenters. The summed E-state index contributed by atoms with van der Waals surface area (Å²) >= 11 is 0. The number of nitriles is 1. The average molecular weight is 233 g/mol. The summed E-state index contributed by atoms with van der Waals surface area (Å²) in [5.74, 6) is -0.996. The third kappa shape index (κ3) is 2.81. The number of aromatic nitrogens is 1. The Labute approximate surface area is 86.0 Å². The van der Waals surface area contributed by atoms with Crippen LogP contribution in [0.15, 0.2) is 12.3 Å². The van der Waals surface area contributed by atoms with E-state index in [2.05, 4.69) is 9.72 Å². The second-order valence-corrected chi connectivity index (χ2v) is 2.46. The van der Waals surface area contributed by atoms with E-state index < -0.39 is 28.4 Å². The lowest BCUT2D eigenvalue weighted by Crippen LogP contribution is -2.18. The molecule has 0 bridgehead atoms. The molecule has 1 aromatic heterocycles. The van der Waals surface area contributed by atoms with Crippen molar-refractivity contribution in [1.29, 1.82) is 5.26 Å². The van der Waals surface area contributed by atoms with E-state index in [9.17, 15) is 23.3 Å². The number of nitrogens with zero attached hydrogens (tertiary/aromatic N) is 3. The van der Waals surface area contributed by atoms with Crippen LogP contribution in [-0.4, -0.2) is 16.3 Å². The number of rotatable bonds is 2. The number of hydrogen-bond donors (Lipinski definition) is 0. The standard InChI is InChI=1S/C7H2F3N3O3/c8-7(9,10)16-6-1-4(13(14)15)3-12-5(6)2-11/h1,3H. The van der Waals surface area contributed by atoms with Crippen molar-refractivity contribution in [1.82, 2.24) is 4.98 Å². The van der Waals surface area contributed by atoms with Crippen molar-refractivity contribution in [3.63, 3.8) is 0 Å². The molecular weight excluding hydrogens is 231 g/mol. The third-order valence-electron chi connectivity index (χ3n) is 1.38. The molecule has 0 aliphatic rings. The van der Waals surface area contributed by atoms with E-state index in [0.717, 1.165) is 0 Å². The van der Waals surface area contributed by atoms with Gasteiger partial charge in [-0.05, 0) is 0 Å². The van der Waals surface area contributed by atoms with Crippen LogP contribution < -0.4 is 4.74 Å². The zero-order valence-corrected chi connectivity index (χ0v) is 7.35. The molecule has 0 saturated carbocycles. The highest BCUT2D eigenvalue weighted by molar-refractivity contribution is 5.44. The highest BCUT2D eigenvalue weighted by Gasteiger charge is 2.33. The minimum absolute atomic E-state index is 0.485. The Bertz CT molecular complexity index is 466. The summed E-state index contributed by atoms with van der Waals surface area (Å²) in [6, 6.07) is 1.81. The van der Waals surface area contributed by atoms with Gasteiger partial charge in [-0.25, -0.2) is 4.98 Å². The molecule has 1 aromatic rings. The van der Waals surface area contributed by atoms with E-state index in [1.165, 1.54) is 6.07 Å². The minimum atomic E-state index is -5.04. The lowest BCUT2D eigenvalue weighted by atomic mass is 10.3. The van der Waals surface area contributed by atoms with Crippen molar-refractivity contribution < 1.29 is 22.8 Å². The van der Waals surface area contributed by atoms with Crippen LogP contribution in [0.25, 0.3) is 0 Å². The van der Waals surface area contributed by atoms with Crippen LogP contribution >= 0.6 is 0 Å². The largest absolute Gasteiger partial charge is 0.573 e. The van der Waals surface area contributed by atoms with Crippen molar-refractivity contribution in [2.75, 3.05) is 0 Å². The molecule has 0 aliphatic heterocycles. The zero-order chi connectivity index (χ0) is 12.3. The summed E-state index contributed by atoms with van der Waals surface area (Å²) in [5.41, 5.74) is -1.37. The fraction of sp³-hybridized carbons (Fsp3) is 0.143. The number of ether oxygens (including phenoxy) is 1. The summed E-state index contributed by atoms with van der Waals surface area (Å²) in [5, 5.41) is 18.7. The molecule has 9 heteroatoms. The van der Waals surface area contributed by atoms with Gasteiger partial charge in [-0.15, -0.1) is 13.2 Å². The number of pyridine rings is 1. The van der Waals surface area contributed by atoms with Crippen molar-refractivity contribution in [3.05, 3.63) is 28.1 Å². The van der Waals surface area contributed by atoms with E-state index in [4.69, 9.17) is 5.26 Å². The molecule has 0 atom stereocenters. The molecule has 1 heterocycles. The Kier molecular flexibility index (Phi) is 2.94. The predicted octanol–water partition coefficient (Wildman–Crippen LogP) is 1.76. The first-order valence-corrected chi connectivity index (χ1v) is 3.64. The van der Waals surface area contributed by atoms with Crippen molar-refractivity contribution >= 4 is 5.69 Å². The first kappa shape index (κ1) is 11.7. The third-order valence-corrected chi connectivity index (χ3v) is 1.38. The summed E-state index contributed by atoms with van der Waals surface area (Å²) in [7, 11) is 0. The summed E-state index contributed by atoms with van der Waals surface area (Å²) in [4.78, 5) is 12.5. The average Bonchev–Trinajstić information content (AvgIpc) is 2.15. The van der Waals surface area contributed by atoms with Gasteiger partial charge in [0.15, 0.2) is 11.4 Å². The highest BCUT2D eigenvalue weighted by atomic mass is 19.4. The zero-order valence-electron chi connectivity index (χ0n) is 7.35. The van der Waals surface area contributed by atoms with Gasteiger partial charge in [0, 0.05) is 0 Å². The van der Waals surface area contributed by atoms with E-state index in [1.807, 2.05) is 0 Å². The fourth-order valence-corrected chi connectivity index (χ4v) is 0.821. The molecule has 6 nitrogen and oxygen atoms in total. The molecule has 0 saturated heterocycles. The summed E-state index contributed by atoms with van der Waals surface area (Å²) in [6.07, 6.45) is -4.37. The molecule has 16 heavy (non-hydrogen) atoms. The molecule has 0 fully saturated rings. The van der Waals surface area contributed by atoms with Gasteiger partial charge in [0.2, 0.25) is 0 Å². The Hall–Kier alpha value is -2.37. The van der Waals surface area contributed by atoms with E-state index in [0.29, 0.717) is 12.3 Å². The number of halogens is 3. The lowest BCUT2D eigenvalue weighted by Gasteiger charge is -2.08. The molecule has 0 spiro atoms. The van der Waals surface area contributed by atoms with Crippen LogP contribution in [0, 0.1) is 21.4 Å². The van der Waals surface area contributed by atoms with Gasteiger partial charge in [0.1, 0.15) is 12.3 Å². The molecule has 0 N–H and O–H groups in total. The van der Waals surface area contributed by atoms with Crippen LogP contribution in [0.2, 0.25) is 0 Å². The van der Waals surface area contributed by atoms with Gasteiger partial charge >= 0.3 is 6.36 Å². The molecular formula is C7H2F3N3O3. The lowest BCUT2D eigenvalue weighted by molar-refractivity contribution is -0.385. The maximum Gasteiger partial charge on any atom is 0.573 e. The second-order valence-electron chi connectivity index (χ2n) is 2.46. The monoisotopic (exact) mass is 233 g/mol. The molecule has 1 rings (SSSR count). The maximum absolute atomic E-state index is 11.9. The SMILES string of the molecule is N#Cc1ncc([N+](=O)[O-])cc1OC(F)(F)F. The molecule has 0 aliphatic carbocycles. The minimum Gasteiger partial charge on any atom is -0.402 e. The Morgan fingerprint density at radius 2 is 2.19 bits per heavy atom. The first-order chi connectivity index (χ1) is 7.33. The van der Waals surface area contributed by atoms with Crippen molar-refractivity contribution in [2.45, 2.75) is 6.36 Å². The maximum atomic E-state index is 11.9. The smallest absolute Gasteiger partial charge is 0.402 e. The van der Waals surface area contributed by atoms with Crippen LogP contribution in [-0.2, 0) is 0 Å². The molecule has 0 amide bonds. The van der Waals surface area contributed by atoms with Crippen molar-refractivity contribution in [2.24, 2.45) is 0 Å². The predicted molar refractivity (Wildman–Crippen MR) is 42.3 cm³/mol. The number of alkyl halides is 3.